The van der Waals surface area contributed by atoms with Crippen LogP contribution < -0.4 is 10.6 Å². The number of likely N-dealkylation sites (tertiary alicyclic amines) is 1. The second-order valence-corrected chi connectivity index (χ2v) is 11.3. The van der Waals surface area contributed by atoms with Crippen molar-refractivity contribution in [2.75, 3.05) is 43.4 Å². The van der Waals surface area contributed by atoms with Crippen molar-refractivity contribution < 1.29 is 0 Å². The molecule has 0 radical (unpaired) electrons. The van der Waals surface area contributed by atoms with Gasteiger partial charge in [-0.1, -0.05) is 38.2 Å². The summed E-state index contributed by atoms with van der Waals surface area (Å²) >= 11 is 0. The number of nitrogens with one attached hydrogen (secondary N) is 1. The van der Waals surface area contributed by atoms with Crippen molar-refractivity contribution in [3.05, 3.63) is 71.6 Å². The molecule has 2 aromatic rings. The molecule has 0 aromatic carbocycles. The highest BCUT2D eigenvalue weighted by atomic mass is 15.2. The van der Waals surface area contributed by atoms with Gasteiger partial charge >= 0.3 is 0 Å². The molecule has 3 aliphatic rings. The summed E-state index contributed by atoms with van der Waals surface area (Å²) in [7, 11) is 0. The van der Waals surface area contributed by atoms with E-state index in [0.29, 0.717) is 23.2 Å². The molecule has 3 N–H and O–H groups in total. The SMILES string of the molecule is C=CC(=N)c1c(N)ncnc1N1CCC(c2nc(C3=CC(C(C)C)=C(C)CC=C3)cn2CCN2CCC2)CC1. The van der Waals surface area contributed by atoms with E-state index in [0.717, 1.165) is 57.0 Å². The van der Waals surface area contributed by atoms with Gasteiger partial charge in [0, 0.05) is 43.9 Å². The number of rotatable bonds is 9. The lowest BCUT2D eigenvalue weighted by Gasteiger charge is -2.34. The Balaban J connectivity index is 1.40. The topological polar surface area (TPSA) is 100.0 Å². The molecule has 0 spiro atoms. The first kappa shape index (κ1) is 27.1. The van der Waals surface area contributed by atoms with Crippen LogP contribution in [0.5, 0.6) is 0 Å². The third-order valence-corrected chi connectivity index (χ3v) is 8.35. The minimum absolute atomic E-state index is 0.256. The standard InChI is InChI=1S/C31H42N8/c1-5-26(32)28-29(33)34-20-35-31(28)38-14-10-23(11-15-38)30-36-27(19-39(30)17-16-37-12-7-13-37)24-9-6-8-22(4)25(18-24)21(2)3/h5-6,9,18-21,23,32H,1,7-8,10-17H2,2-4H3,(H2,33,34,35). The fourth-order valence-electron chi connectivity index (χ4n) is 5.91. The van der Waals surface area contributed by atoms with E-state index in [-0.39, 0.29) is 5.71 Å². The predicted octanol–water partition coefficient (Wildman–Crippen LogP) is 5.21. The fraction of sp³-hybridized carbons (Fsp3) is 0.484. The molecule has 5 rings (SSSR count). The maximum absolute atomic E-state index is 8.32. The lowest BCUT2D eigenvalue weighted by molar-refractivity contribution is 0.173. The molecule has 2 saturated heterocycles. The van der Waals surface area contributed by atoms with Crippen LogP contribution >= 0.6 is 0 Å². The van der Waals surface area contributed by atoms with E-state index in [1.54, 1.807) is 0 Å². The maximum atomic E-state index is 8.32. The summed E-state index contributed by atoms with van der Waals surface area (Å²) in [5.41, 5.74) is 12.1. The van der Waals surface area contributed by atoms with Crippen LogP contribution in [0.4, 0.5) is 11.6 Å². The van der Waals surface area contributed by atoms with Crippen molar-refractivity contribution in [2.45, 2.75) is 58.9 Å². The third-order valence-electron chi connectivity index (χ3n) is 8.35. The van der Waals surface area contributed by atoms with Crippen LogP contribution in [0, 0.1) is 11.3 Å². The molecule has 8 heteroatoms. The van der Waals surface area contributed by atoms with E-state index >= 15 is 0 Å². The number of imidazole rings is 1. The number of nitrogen functional groups attached to an aromatic ring is 1. The average Bonchev–Trinajstić information content (AvgIpc) is 3.22. The van der Waals surface area contributed by atoms with E-state index in [1.807, 2.05) is 0 Å². The van der Waals surface area contributed by atoms with Gasteiger partial charge in [0.2, 0.25) is 0 Å². The number of anilines is 2. The van der Waals surface area contributed by atoms with Crippen LogP contribution in [0.1, 0.15) is 69.5 Å². The number of hydrogen-bond donors (Lipinski definition) is 2. The Bertz CT molecular complexity index is 1320. The quantitative estimate of drug-likeness (QED) is 0.435. The first-order valence-corrected chi connectivity index (χ1v) is 14.3. The second-order valence-electron chi connectivity index (χ2n) is 11.3. The number of nitrogens with zero attached hydrogens (tertiary/aromatic N) is 6. The van der Waals surface area contributed by atoms with Gasteiger partial charge in [0.25, 0.3) is 0 Å². The zero-order valence-electron chi connectivity index (χ0n) is 23.7. The molecule has 39 heavy (non-hydrogen) atoms. The summed E-state index contributed by atoms with van der Waals surface area (Å²) in [5.74, 6) is 3.10. The number of aromatic nitrogens is 4. The number of hydrogen-bond acceptors (Lipinski definition) is 7. The van der Waals surface area contributed by atoms with Gasteiger partial charge < -0.3 is 25.5 Å². The molecule has 8 nitrogen and oxygen atoms in total. The van der Waals surface area contributed by atoms with Crippen LogP contribution in [0.3, 0.4) is 0 Å². The van der Waals surface area contributed by atoms with Gasteiger partial charge in [-0.3, -0.25) is 0 Å². The van der Waals surface area contributed by atoms with Gasteiger partial charge in [-0.2, -0.15) is 0 Å². The molecular formula is C31H42N8. The molecule has 2 fully saturated rings. The van der Waals surface area contributed by atoms with Crippen molar-refractivity contribution in [1.29, 1.82) is 5.41 Å². The Hall–Kier alpha value is -3.52. The Labute approximate surface area is 232 Å². The molecule has 2 aromatic heterocycles. The van der Waals surface area contributed by atoms with Gasteiger partial charge in [0.1, 0.15) is 23.8 Å². The minimum atomic E-state index is 0.256. The minimum Gasteiger partial charge on any atom is -0.383 e. The van der Waals surface area contributed by atoms with Crippen LogP contribution in [-0.4, -0.2) is 62.9 Å². The van der Waals surface area contributed by atoms with Gasteiger partial charge in [0.15, 0.2) is 0 Å². The Morgan fingerprint density at radius 2 is 1.95 bits per heavy atom. The van der Waals surface area contributed by atoms with Crippen LogP contribution in [-0.2, 0) is 6.54 Å². The Morgan fingerprint density at radius 1 is 1.18 bits per heavy atom. The predicted molar refractivity (Wildman–Crippen MR) is 160 cm³/mol. The van der Waals surface area contributed by atoms with Crippen molar-refractivity contribution in [1.82, 2.24) is 24.4 Å². The summed E-state index contributed by atoms with van der Waals surface area (Å²) in [4.78, 5) is 18.7. The first-order chi connectivity index (χ1) is 18.9. The largest absolute Gasteiger partial charge is 0.383 e. The summed E-state index contributed by atoms with van der Waals surface area (Å²) in [6.07, 6.45) is 16.4. The molecule has 4 heterocycles. The number of piperidine rings is 1. The smallest absolute Gasteiger partial charge is 0.143 e. The monoisotopic (exact) mass is 526 g/mol. The highest BCUT2D eigenvalue weighted by Gasteiger charge is 2.28. The van der Waals surface area contributed by atoms with E-state index in [4.69, 9.17) is 16.1 Å². The molecule has 0 saturated carbocycles. The van der Waals surface area contributed by atoms with Gasteiger partial charge in [-0.15, -0.1) is 0 Å². The average molecular weight is 527 g/mol. The van der Waals surface area contributed by atoms with E-state index in [2.05, 4.69) is 76.1 Å². The highest BCUT2D eigenvalue weighted by Crippen LogP contribution is 2.34. The Kier molecular flexibility index (Phi) is 8.12. The zero-order chi connectivity index (χ0) is 27.5. The number of allylic oxidation sites excluding steroid dienone is 7. The normalized spacial score (nSPS) is 18.8. The van der Waals surface area contributed by atoms with Crippen LogP contribution in [0.25, 0.3) is 5.57 Å². The van der Waals surface area contributed by atoms with Crippen LogP contribution in [0.2, 0.25) is 0 Å². The van der Waals surface area contributed by atoms with Crippen molar-refractivity contribution in [3.63, 3.8) is 0 Å². The molecule has 0 amide bonds. The molecule has 1 aliphatic carbocycles. The van der Waals surface area contributed by atoms with Crippen molar-refractivity contribution >= 4 is 22.9 Å². The molecular weight excluding hydrogens is 484 g/mol. The van der Waals surface area contributed by atoms with Gasteiger partial charge in [0.05, 0.1) is 17.0 Å². The maximum Gasteiger partial charge on any atom is 0.143 e. The van der Waals surface area contributed by atoms with E-state index < -0.39 is 0 Å². The van der Waals surface area contributed by atoms with Gasteiger partial charge in [-0.05, 0) is 69.3 Å². The third kappa shape index (κ3) is 5.76. The lowest BCUT2D eigenvalue weighted by Crippen LogP contribution is -2.39. The van der Waals surface area contributed by atoms with E-state index in [9.17, 15) is 0 Å². The molecule has 2 aliphatic heterocycles. The van der Waals surface area contributed by atoms with Crippen LogP contribution in [0.15, 0.2) is 54.6 Å². The molecule has 0 unspecified atom stereocenters. The summed E-state index contributed by atoms with van der Waals surface area (Å²) in [6, 6.07) is 0. The second kappa shape index (κ2) is 11.7. The zero-order valence-corrected chi connectivity index (χ0v) is 23.7. The van der Waals surface area contributed by atoms with Gasteiger partial charge in [-0.25, -0.2) is 15.0 Å². The fourth-order valence-corrected chi connectivity index (χ4v) is 5.91. The van der Waals surface area contributed by atoms with E-state index in [1.165, 1.54) is 54.5 Å². The molecule has 0 atom stereocenters. The lowest BCUT2D eigenvalue weighted by atomic mass is 9.95. The first-order valence-electron chi connectivity index (χ1n) is 14.3. The number of nitrogens with two attached hydrogens (primary N) is 1. The molecule has 0 bridgehead atoms. The summed E-state index contributed by atoms with van der Waals surface area (Å²) < 4.78 is 2.42. The summed E-state index contributed by atoms with van der Waals surface area (Å²) in [6.45, 7) is 16.6. The summed E-state index contributed by atoms with van der Waals surface area (Å²) in [5, 5.41) is 8.32. The highest BCUT2D eigenvalue weighted by molar-refractivity contribution is 6.12. The Morgan fingerprint density at radius 3 is 2.62 bits per heavy atom. The van der Waals surface area contributed by atoms with Crippen molar-refractivity contribution in [3.8, 4) is 0 Å². The van der Waals surface area contributed by atoms with Crippen molar-refractivity contribution in [2.24, 2.45) is 5.92 Å². The molecule has 206 valence electrons.